The summed E-state index contributed by atoms with van der Waals surface area (Å²) >= 11 is 0. The molecule has 0 unspecified atom stereocenters. The summed E-state index contributed by atoms with van der Waals surface area (Å²) in [6, 6.07) is 33.1. The second-order valence-electron chi connectivity index (χ2n) is 14.9. The van der Waals surface area contributed by atoms with Crippen molar-refractivity contribution in [2.24, 2.45) is 4.99 Å². The van der Waals surface area contributed by atoms with Crippen LogP contribution in [-0.4, -0.2) is 21.0 Å². The van der Waals surface area contributed by atoms with Gasteiger partial charge in [-0.1, -0.05) is 91.0 Å². The van der Waals surface area contributed by atoms with Crippen molar-refractivity contribution in [3.63, 3.8) is 0 Å². The maximum atomic E-state index is 15.2. The van der Waals surface area contributed by atoms with Crippen molar-refractivity contribution in [2.45, 2.75) is 0 Å². The van der Waals surface area contributed by atoms with Crippen LogP contribution in [0.1, 0.15) is 5.56 Å². The van der Waals surface area contributed by atoms with Crippen LogP contribution in [0, 0.1) is 0 Å². The van der Waals surface area contributed by atoms with Gasteiger partial charge >= 0.3 is 0 Å². The van der Waals surface area contributed by atoms with E-state index in [0.717, 1.165) is 0 Å². The molecule has 0 saturated carbocycles. The maximum Gasteiger partial charge on any atom is 0.218 e. The van der Waals surface area contributed by atoms with Gasteiger partial charge < -0.3 is 15.1 Å². The lowest BCUT2D eigenvalue weighted by Crippen LogP contribution is -2.14. The maximum absolute atomic E-state index is 15.2. The summed E-state index contributed by atoms with van der Waals surface area (Å²) in [5.74, 6) is -0.354. The quantitative estimate of drug-likeness (QED) is 0.0911. The molecule has 0 aliphatic rings. The highest BCUT2D eigenvalue weighted by Gasteiger charge is 2.27. The van der Waals surface area contributed by atoms with Gasteiger partial charge in [0.2, 0.25) is 5.90 Å². The summed E-state index contributed by atoms with van der Waals surface area (Å²) in [4.78, 5) is 97.7. The van der Waals surface area contributed by atoms with Crippen molar-refractivity contribution >= 4 is 120 Å². The fraction of sp³-hybridized carbons (Fsp3) is 0. The highest BCUT2D eigenvalue weighted by molar-refractivity contribution is 6.39. The Kier molecular flexibility index (Phi) is 6.32. The molecule has 0 radical (unpaired) electrons. The number of aromatic nitrogens is 2. The lowest BCUT2D eigenvalue weighted by molar-refractivity contribution is 0.555. The SMILES string of the molecule is O=c1c2ccccc2c(=O)c2c1ccc1c2[nH]c2c3c(=O)c4cccc(N=C(O)c5ccccc5)c4c(=O)c3c3[nH]c4c(ccc5c(=O)c6ccccc6c(=O)c54)c3c12. The molecular weight excluding hydrogens is 743 g/mol. The van der Waals surface area contributed by atoms with Crippen molar-refractivity contribution in [1.82, 2.24) is 9.97 Å². The Bertz CT molecular complexity index is 4330. The average Bonchev–Trinajstić information content (AvgIpc) is 3.85. The molecule has 2 heterocycles. The van der Waals surface area contributed by atoms with Crippen molar-refractivity contribution < 1.29 is 5.11 Å². The number of fused-ring (bicyclic) bond motifs is 17. The Hall–Kier alpha value is -8.37. The zero-order valence-electron chi connectivity index (χ0n) is 30.4. The van der Waals surface area contributed by atoms with Crippen molar-refractivity contribution in [3.05, 3.63) is 188 Å². The second kappa shape index (κ2) is 11.4. The summed E-state index contributed by atoms with van der Waals surface area (Å²) in [7, 11) is 0. The van der Waals surface area contributed by atoms with Gasteiger partial charge in [0.25, 0.3) is 0 Å². The van der Waals surface area contributed by atoms with Crippen LogP contribution in [0.25, 0.3) is 108 Å². The summed E-state index contributed by atoms with van der Waals surface area (Å²) in [6.07, 6.45) is 0. The normalized spacial score (nSPS) is 12.6. The average molecular weight is 766 g/mol. The Balaban J connectivity index is 1.35. The van der Waals surface area contributed by atoms with E-state index in [1.54, 1.807) is 115 Å². The molecule has 12 aromatic rings. The smallest absolute Gasteiger partial charge is 0.218 e. The van der Waals surface area contributed by atoms with E-state index in [2.05, 4.69) is 15.0 Å². The van der Waals surface area contributed by atoms with Crippen LogP contribution in [0.15, 0.2) is 155 Å². The summed E-state index contributed by atoms with van der Waals surface area (Å²) in [5, 5.41) is 14.8. The van der Waals surface area contributed by atoms with E-state index in [-0.39, 0.29) is 109 Å². The first-order chi connectivity index (χ1) is 28.7. The van der Waals surface area contributed by atoms with Gasteiger partial charge in [-0.05, 0) is 30.3 Å². The molecule has 2 aromatic heterocycles. The fourth-order valence-corrected chi connectivity index (χ4v) is 9.38. The third kappa shape index (κ3) is 4.10. The third-order valence-electron chi connectivity index (χ3n) is 12.0. The molecule has 0 saturated heterocycles. The van der Waals surface area contributed by atoms with Crippen molar-refractivity contribution in [3.8, 4) is 0 Å². The van der Waals surface area contributed by atoms with E-state index in [0.29, 0.717) is 38.1 Å². The van der Waals surface area contributed by atoms with E-state index in [1.807, 2.05) is 0 Å². The zero-order chi connectivity index (χ0) is 40.0. The Morgan fingerprint density at radius 3 is 1.27 bits per heavy atom. The molecule has 0 bridgehead atoms. The molecule has 0 spiro atoms. The monoisotopic (exact) mass is 765 g/mol. The summed E-state index contributed by atoms with van der Waals surface area (Å²) < 4.78 is 0. The number of hydrogen-bond acceptors (Lipinski definition) is 7. The predicted molar refractivity (Wildman–Crippen MR) is 237 cm³/mol. The van der Waals surface area contributed by atoms with Gasteiger partial charge in [-0.15, -0.1) is 0 Å². The number of aromatic amines is 2. The number of benzene rings is 10. The largest absolute Gasteiger partial charge is 0.493 e. The molecule has 0 aliphatic heterocycles. The topological polar surface area (TPSA) is 167 Å². The lowest BCUT2D eigenvalue weighted by Gasteiger charge is -2.08. The first kappa shape index (κ1) is 32.8. The molecule has 10 nitrogen and oxygen atoms in total. The number of rotatable bonds is 2. The van der Waals surface area contributed by atoms with Crippen LogP contribution < -0.4 is 32.6 Å². The number of hydrogen-bond donors (Lipinski definition) is 3. The minimum absolute atomic E-state index is 0.0139. The van der Waals surface area contributed by atoms with Crippen LogP contribution in [0.4, 0.5) is 5.69 Å². The number of nitrogens with zero attached hydrogens (tertiary/aromatic N) is 1. The zero-order valence-corrected chi connectivity index (χ0v) is 30.4. The van der Waals surface area contributed by atoms with Gasteiger partial charge in [0, 0.05) is 64.8 Å². The Morgan fingerprint density at radius 1 is 0.339 bits per heavy atom. The highest BCUT2D eigenvalue weighted by Crippen LogP contribution is 2.43. The minimum atomic E-state index is -0.573. The summed E-state index contributed by atoms with van der Waals surface area (Å²) in [5.41, 5.74) is -0.927. The standard InChI is InChI=1S/C49H23N3O7/c53-43-22-11-4-6-13-24(22)45(55)35-29(43)19-17-26-33-34-27-18-20-30-36(46(56)25-14-7-5-12-23(25)44(30)54)40(27)52-42(34)38-37(41(33)51-39(26)35)47(57)28-15-8-16-31(32(28)48(38)58)50-49(59)21-9-2-1-3-10-21/h1-20,51-52H,(H,50,59). The van der Waals surface area contributed by atoms with E-state index >= 15 is 9.59 Å². The molecule has 0 aliphatic carbocycles. The predicted octanol–water partition coefficient (Wildman–Crippen LogP) is 7.99. The van der Waals surface area contributed by atoms with Crippen LogP contribution in [0.3, 0.4) is 0 Å². The van der Waals surface area contributed by atoms with Gasteiger partial charge in [-0.3, -0.25) is 28.8 Å². The van der Waals surface area contributed by atoms with E-state index in [9.17, 15) is 24.3 Å². The second-order valence-corrected chi connectivity index (χ2v) is 14.9. The van der Waals surface area contributed by atoms with Gasteiger partial charge in [0.15, 0.2) is 32.6 Å². The Morgan fingerprint density at radius 2 is 0.746 bits per heavy atom. The molecular formula is C49H23N3O7. The lowest BCUT2D eigenvalue weighted by atomic mass is 9.94. The number of nitrogens with one attached hydrogen (secondary N) is 2. The van der Waals surface area contributed by atoms with E-state index < -0.39 is 10.9 Å². The molecule has 0 atom stereocenters. The number of aliphatic hydroxyl groups excluding tert-OH is 1. The molecule has 12 rings (SSSR count). The number of aliphatic imine (C=N–C) groups is 1. The molecule has 276 valence electrons. The van der Waals surface area contributed by atoms with Gasteiger partial charge in [0.05, 0.1) is 54.7 Å². The van der Waals surface area contributed by atoms with Gasteiger partial charge in [0.1, 0.15) is 0 Å². The summed E-state index contributed by atoms with van der Waals surface area (Å²) in [6.45, 7) is 0. The van der Waals surface area contributed by atoms with Crippen LogP contribution in [0.2, 0.25) is 0 Å². The fourth-order valence-electron chi connectivity index (χ4n) is 9.38. The van der Waals surface area contributed by atoms with E-state index in [4.69, 9.17) is 0 Å². The number of H-pyrrole nitrogens is 2. The molecule has 10 aromatic carbocycles. The molecule has 3 N–H and O–H groups in total. The van der Waals surface area contributed by atoms with Crippen molar-refractivity contribution in [2.75, 3.05) is 0 Å². The molecule has 59 heavy (non-hydrogen) atoms. The molecule has 0 fully saturated rings. The third-order valence-corrected chi connectivity index (χ3v) is 12.0. The Labute approximate surface area is 327 Å². The highest BCUT2D eigenvalue weighted by atomic mass is 16.3. The van der Waals surface area contributed by atoms with Gasteiger partial charge in [-0.25, -0.2) is 4.99 Å². The van der Waals surface area contributed by atoms with Gasteiger partial charge in [-0.2, -0.15) is 0 Å². The van der Waals surface area contributed by atoms with Crippen molar-refractivity contribution in [1.29, 1.82) is 0 Å². The van der Waals surface area contributed by atoms with E-state index in [1.165, 1.54) is 6.07 Å². The van der Waals surface area contributed by atoms with Crippen LogP contribution in [-0.2, 0) is 0 Å². The number of aliphatic hydroxyl groups is 1. The first-order valence-electron chi connectivity index (χ1n) is 18.8. The molecule has 10 heteroatoms. The molecule has 0 amide bonds. The van der Waals surface area contributed by atoms with Crippen LogP contribution >= 0.6 is 0 Å². The minimum Gasteiger partial charge on any atom is -0.493 e. The first-order valence-corrected chi connectivity index (χ1v) is 18.8. The van der Waals surface area contributed by atoms with Crippen LogP contribution in [0.5, 0.6) is 0 Å².